The number of hydrogen-bond donors (Lipinski definition) is 2. The summed E-state index contributed by atoms with van der Waals surface area (Å²) in [5, 5.41) is 13.0. The molecule has 0 spiro atoms. The van der Waals surface area contributed by atoms with Crippen molar-refractivity contribution < 1.29 is 27.0 Å². The van der Waals surface area contributed by atoms with E-state index in [1.54, 1.807) is 36.4 Å². The molecule has 8 nitrogen and oxygen atoms in total. The van der Waals surface area contributed by atoms with Gasteiger partial charge in [-0.3, -0.25) is 9.78 Å². The maximum Gasteiger partial charge on any atom is 0.507 e. The molecule has 32 heavy (non-hydrogen) atoms. The molecule has 162 valence electrons. The number of halogens is 4. The van der Waals surface area contributed by atoms with Crippen molar-refractivity contribution in [1.82, 2.24) is 9.97 Å². The third kappa shape index (κ3) is 3.71. The normalized spacial score (nSPS) is 15.8. The van der Waals surface area contributed by atoms with Crippen molar-refractivity contribution in [1.29, 1.82) is 5.26 Å². The first-order chi connectivity index (χ1) is 15.2. The Labute approximate surface area is 176 Å². The molecule has 0 aliphatic carbocycles. The molecule has 0 atom stereocenters. The van der Waals surface area contributed by atoms with Gasteiger partial charge in [0.15, 0.2) is 11.5 Å². The van der Waals surface area contributed by atoms with Gasteiger partial charge in [-0.2, -0.15) is 27.9 Å². The van der Waals surface area contributed by atoms with Gasteiger partial charge in [0.25, 0.3) is 5.56 Å². The van der Waals surface area contributed by atoms with Crippen LogP contribution in [0, 0.1) is 11.3 Å². The van der Waals surface area contributed by atoms with Gasteiger partial charge >= 0.3 is 12.2 Å². The maximum atomic E-state index is 13.5. The summed E-state index contributed by atoms with van der Waals surface area (Å²) in [5.41, 5.74) is 1.96. The number of hydrazone groups is 1. The average molecular weight is 445 g/mol. The Hall–Kier alpha value is -4.40. The number of nitriles is 1. The van der Waals surface area contributed by atoms with Crippen LogP contribution in [-0.2, 0) is 0 Å². The van der Waals surface area contributed by atoms with Gasteiger partial charge in [0.2, 0.25) is 5.95 Å². The van der Waals surface area contributed by atoms with Crippen molar-refractivity contribution in [2.75, 3.05) is 5.43 Å². The van der Waals surface area contributed by atoms with Crippen LogP contribution < -0.4 is 20.5 Å². The maximum absolute atomic E-state index is 13.5. The smallest absolute Gasteiger partial charge is 0.421 e. The molecule has 0 amide bonds. The number of nitrogens with one attached hydrogen (secondary N) is 2. The molecule has 0 radical (unpaired) electrons. The molecule has 0 saturated carbocycles. The van der Waals surface area contributed by atoms with E-state index in [0.29, 0.717) is 5.56 Å². The lowest BCUT2D eigenvalue weighted by molar-refractivity contribution is -0.391. The predicted molar refractivity (Wildman–Crippen MR) is 104 cm³/mol. The standard InChI is InChI=1S/C20H11F4N5O3/c21-19(22)20(23,24)32-16-12(7-4-8-14(16)31-19)10-26-29-18-27-15(11-5-2-1-3-6-11)13(9-25)17(30)28-18/h1-8,10H,(H2,27,28,29,30). The predicted octanol–water partition coefficient (Wildman–Crippen LogP) is 3.71. The van der Waals surface area contributed by atoms with Gasteiger partial charge < -0.3 is 9.47 Å². The van der Waals surface area contributed by atoms with E-state index in [-0.39, 0.29) is 22.8 Å². The minimum atomic E-state index is -4.89. The number of benzene rings is 2. The molecule has 0 bridgehead atoms. The number of aromatic amines is 1. The summed E-state index contributed by atoms with van der Waals surface area (Å²) in [6.45, 7) is 0. The van der Waals surface area contributed by atoms with E-state index in [2.05, 4.69) is 30.0 Å². The summed E-state index contributed by atoms with van der Waals surface area (Å²) in [6, 6.07) is 13.8. The number of rotatable bonds is 4. The highest BCUT2D eigenvalue weighted by Crippen LogP contribution is 2.47. The minimum Gasteiger partial charge on any atom is -0.421 e. The van der Waals surface area contributed by atoms with E-state index < -0.39 is 29.3 Å². The number of aromatic nitrogens is 2. The molecule has 0 fully saturated rings. The van der Waals surface area contributed by atoms with Crippen LogP contribution >= 0.6 is 0 Å². The molecule has 1 aromatic heterocycles. The summed E-state index contributed by atoms with van der Waals surface area (Å²) in [4.78, 5) is 18.7. The van der Waals surface area contributed by atoms with Crippen molar-refractivity contribution in [2.24, 2.45) is 5.10 Å². The fourth-order valence-corrected chi connectivity index (χ4v) is 2.81. The molecule has 2 heterocycles. The van der Waals surface area contributed by atoms with Crippen LogP contribution in [0.1, 0.15) is 11.1 Å². The molecular formula is C20H11F4N5O3. The molecule has 12 heteroatoms. The Balaban J connectivity index is 1.64. The molecule has 4 rings (SSSR count). The Morgan fingerprint density at radius 1 is 1.06 bits per heavy atom. The molecule has 2 N–H and O–H groups in total. The van der Waals surface area contributed by atoms with Gasteiger partial charge in [-0.25, -0.2) is 10.4 Å². The van der Waals surface area contributed by atoms with Crippen LogP contribution in [0.3, 0.4) is 0 Å². The van der Waals surface area contributed by atoms with E-state index >= 15 is 0 Å². The second-order valence-electron chi connectivity index (χ2n) is 6.40. The zero-order chi connectivity index (χ0) is 22.9. The van der Waals surface area contributed by atoms with Gasteiger partial charge in [-0.05, 0) is 12.1 Å². The van der Waals surface area contributed by atoms with Crippen LogP contribution in [-0.4, -0.2) is 28.4 Å². The number of fused-ring (bicyclic) bond motifs is 1. The van der Waals surface area contributed by atoms with E-state index in [0.717, 1.165) is 12.3 Å². The number of anilines is 1. The summed E-state index contributed by atoms with van der Waals surface area (Å²) in [7, 11) is 0. The van der Waals surface area contributed by atoms with E-state index in [1.807, 2.05) is 0 Å². The fraction of sp³-hybridized carbons (Fsp3) is 0.100. The van der Waals surface area contributed by atoms with Gasteiger partial charge in [-0.15, -0.1) is 0 Å². The molecule has 0 unspecified atom stereocenters. The Bertz CT molecular complexity index is 1300. The average Bonchev–Trinajstić information content (AvgIpc) is 2.75. The Kier molecular flexibility index (Phi) is 5.01. The zero-order valence-corrected chi connectivity index (χ0v) is 15.8. The van der Waals surface area contributed by atoms with E-state index in [1.165, 1.54) is 12.1 Å². The van der Waals surface area contributed by atoms with Crippen molar-refractivity contribution in [2.45, 2.75) is 12.2 Å². The quantitative estimate of drug-likeness (QED) is 0.360. The van der Waals surface area contributed by atoms with Crippen LogP contribution in [0.5, 0.6) is 11.5 Å². The summed E-state index contributed by atoms with van der Waals surface area (Å²) in [5.74, 6) is -1.38. The first-order valence-electron chi connectivity index (χ1n) is 8.87. The molecule has 0 saturated heterocycles. The monoisotopic (exact) mass is 445 g/mol. The number of alkyl halides is 4. The number of ether oxygens (including phenoxy) is 2. The third-order valence-corrected chi connectivity index (χ3v) is 4.27. The summed E-state index contributed by atoms with van der Waals surface area (Å²) < 4.78 is 61.9. The number of hydrogen-bond acceptors (Lipinski definition) is 7. The second-order valence-corrected chi connectivity index (χ2v) is 6.40. The first kappa shape index (κ1) is 20.9. The lowest BCUT2D eigenvalue weighted by atomic mass is 10.1. The van der Waals surface area contributed by atoms with Gasteiger partial charge in [-0.1, -0.05) is 36.4 Å². The lowest BCUT2D eigenvalue weighted by Gasteiger charge is -2.32. The first-order valence-corrected chi connectivity index (χ1v) is 8.87. The van der Waals surface area contributed by atoms with Crippen molar-refractivity contribution in [3.8, 4) is 28.8 Å². The van der Waals surface area contributed by atoms with Gasteiger partial charge in [0, 0.05) is 11.1 Å². The van der Waals surface area contributed by atoms with Crippen LogP contribution in [0.15, 0.2) is 58.4 Å². The zero-order valence-electron chi connectivity index (χ0n) is 15.8. The highest BCUT2D eigenvalue weighted by molar-refractivity contribution is 5.85. The van der Waals surface area contributed by atoms with Crippen LogP contribution in [0.2, 0.25) is 0 Å². The van der Waals surface area contributed by atoms with E-state index in [9.17, 15) is 27.6 Å². The summed E-state index contributed by atoms with van der Waals surface area (Å²) >= 11 is 0. The van der Waals surface area contributed by atoms with Crippen molar-refractivity contribution >= 4 is 12.2 Å². The molecular weight excluding hydrogens is 434 g/mol. The lowest BCUT2D eigenvalue weighted by Crippen LogP contribution is -2.52. The number of para-hydroxylation sites is 1. The molecule has 1 aliphatic rings. The topological polar surface area (TPSA) is 112 Å². The van der Waals surface area contributed by atoms with Gasteiger partial charge in [0.05, 0.1) is 11.9 Å². The Morgan fingerprint density at radius 3 is 2.50 bits per heavy atom. The van der Waals surface area contributed by atoms with Crippen LogP contribution in [0.25, 0.3) is 11.3 Å². The molecule has 2 aromatic carbocycles. The SMILES string of the molecule is N#Cc1c(-c2ccccc2)nc(NN=Cc2cccc3c2OC(F)(F)C(F)(F)O3)[nH]c1=O. The van der Waals surface area contributed by atoms with E-state index in [4.69, 9.17) is 0 Å². The minimum absolute atomic E-state index is 0.102. The largest absolute Gasteiger partial charge is 0.507 e. The van der Waals surface area contributed by atoms with Gasteiger partial charge in [0.1, 0.15) is 11.6 Å². The number of H-pyrrole nitrogens is 1. The molecule has 1 aliphatic heterocycles. The summed E-state index contributed by atoms with van der Waals surface area (Å²) in [6.07, 6.45) is -8.74. The highest BCUT2D eigenvalue weighted by Gasteiger charge is 2.66. The number of nitrogens with zero attached hydrogens (tertiary/aromatic N) is 3. The third-order valence-electron chi connectivity index (χ3n) is 4.27. The Morgan fingerprint density at radius 2 is 1.78 bits per heavy atom. The van der Waals surface area contributed by atoms with Crippen LogP contribution in [0.4, 0.5) is 23.5 Å². The van der Waals surface area contributed by atoms with Crippen molar-refractivity contribution in [3.63, 3.8) is 0 Å². The highest BCUT2D eigenvalue weighted by atomic mass is 19.3. The van der Waals surface area contributed by atoms with Crippen molar-refractivity contribution in [3.05, 3.63) is 70.0 Å². The fourth-order valence-electron chi connectivity index (χ4n) is 2.81. The second kappa shape index (κ2) is 7.69. The molecule has 3 aromatic rings.